The molecule has 0 saturated carbocycles. The molecule has 0 N–H and O–H groups in total. The minimum absolute atomic E-state index is 0.636. The van der Waals surface area contributed by atoms with Gasteiger partial charge in [0.15, 0.2) is 0 Å². The van der Waals surface area contributed by atoms with Crippen molar-refractivity contribution >= 4 is 15.9 Å². The maximum Gasteiger partial charge on any atom is 0.134 e. The molecule has 0 amide bonds. The zero-order valence-electron chi connectivity index (χ0n) is 6.85. The van der Waals surface area contributed by atoms with Crippen LogP contribution in [0.15, 0.2) is 4.60 Å². The lowest BCUT2D eigenvalue weighted by Gasteiger charge is -2.15. The van der Waals surface area contributed by atoms with E-state index in [1.165, 1.54) is 0 Å². The number of hydrogen-bond acceptors (Lipinski definition) is 1. The van der Waals surface area contributed by atoms with Gasteiger partial charge in [0.05, 0.1) is 0 Å². The van der Waals surface area contributed by atoms with Crippen molar-refractivity contribution in [2.45, 2.75) is 25.4 Å². The van der Waals surface area contributed by atoms with Crippen LogP contribution >= 0.6 is 15.9 Å². The second-order valence-corrected chi connectivity index (χ2v) is 3.89. The van der Waals surface area contributed by atoms with E-state index >= 15 is 0 Å². The van der Waals surface area contributed by atoms with E-state index < -0.39 is 6.17 Å². The van der Waals surface area contributed by atoms with Crippen LogP contribution in [0.1, 0.15) is 30.3 Å². The van der Waals surface area contributed by atoms with E-state index in [-0.39, 0.29) is 0 Å². The summed E-state index contributed by atoms with van der Waals surface area (Å²) in [5, 5.41) is 4.14. The van der Waals surface area contributed by atoms with Gasteiger partial charge < -0.3 is 0 Å². The molecule has 0 fully saturated rings. The van der Waals surface area contributed by atoms with Gasteiger partial charge in [-0.3, -0.25) is 4.68 Å². The van der Waals surface area contributed by atoms with Crippen LogP contribution in [0.2, 0.25) is 0 Å². The fourth-order valence-electron chi connectivity index (χ4n) is 1.74. The summed E-state index contributed by atoms with van der Waals surface area (Å²) in [6.07, 6.45) is 1.69. The first kappa shape index (κ1) is 8.23. The Kier molecular flexibility index (Phi) is 1.94. The third-order valence-electron chi connectivity index (χ3n) is 2.35. The molecule has 0 saturated heterocycles. The maximum atomic E-state index is 13.4. The molecule has 1 aliphatic rings. The van der Waals surface area contributed by atoms with Crippen LogP contribution in [0.3, 0.4) is 0 Å². The van der Waals surface area contributed by atoms with E-state index in [0.717, 1.165) is 24.1 Å². The first-order valence-electron chi connectivity index (χ1n) is 4.05. The SMILES string of the molecule is Cn1nc(Br)c2c1CCCC2F. The van der Waals surface area contributed by atoms with Gasteiger partial charge in [-0.1, -0.05) is 0 Å². The Balaban J connectivity index is 2.55. The number of nitrogens with zero attached hydrogens (tertiary/aromatic N) is 2. The Morgan fingerprint density at radius 2 is 2.42 bits per heavy atom. The zero-order chi connectivity index (χ0) is 8.72. The zero-order valence-corrected chi connectivity index (χ0v) is 8.44. The van der Waals surface area contributed by atoms with Crippen LogP contribution in [0, 0.1) is 0 Å². The van der Waals surface area contributed by atoms with Crippen molar-refractivity contribution in [1.82, 2.24) is 9.78 Å². The second kappa shape index (κ2) is 2.83. The molecule has 66 valence electrons. The molecule has 1 unspecified atom stereocenters. The maximum absolute atomic E-state index is 13.4. The van der Waals surface area contributed by atoms with E-state index in [4.69, 9.17) is 0 Å². The van der Waals surface area contributed by atoms with Crippen LogP contribution in [-0.2, 0) is 13.5 Å². The molecule has 0 aliphatic heterocycles. The van der Waals surface area contributed by atoms with E-state index in [1.54, 1.807) is 4.68 Å². The first-order chi connectivity index (χ1) is 5.70. The minimum atomic E-state index is -0.822. The molecule has 1 aromatic rings. The number of fused-ring (bicyclic) bond motifs is 1. The Hall–Kier alpha value is -0.380. The summed E-state index contributed by atoms with van der Waals surface area (Å²) >= 11 is 3.27. The Morgan fingerprint density at radius 1 is 1.67 bits per heavy atom. The average Bonchev–Trinajstić information content (AvgIpc) is 2.29. The molecule has 0 bridgehead atoms. The second-order valence-electron chi connectivity index (χ2n) is 3.13. The normalized spacial score (nSPS) is 22.4. The fraction of sp³-hybridized carbons (Fsp3) is 0.625. The minimum Gasteiger partial charge on any atom is -0.271 e. The Labute approximate surface area is 78.9 Å². The lowest BCUT2D eigenvalue weighted by molar-refractivity contribution is 0.299. The predicted molar refractivity (Wildman–Crippen MR) is 47.7 cm³/mol. The topological polar surface area (TPSA) is 17.8 Å². The standard InChI is InChI=1S/C8H10BrFN2/c1-12-6-4-2-3-5(10)7(6)8(9)11-12/h5H,2-4H2,1H3. The van der Waals surface area contributed by atoms with Crippen molar-refractivity contribution in [3.8, 4) is 0 Å². The molecule has 4 heteroatoms. The van der Waals surface area contributed by atoms with Crippen molar-refractivity contribution in [2.24, 2.45) is 7.05 Å². The van der Waals surface area contributed by atoms with Gasteiger partial charge >= 0.3 is 0 Å². The van der Waals surface area contributed by atoms with Crippen LogP contribution in [0.25, 0.3) is 0 Å². The van der Waals surface area contributed by atoms with Crippen LogP contribution < -0.4 is 0 Å². The number of alkyl halides is 1. The highest BCUT2D eigenvalue weighted by Gasteiger charge is 2.26. The summed E-state index contributed by atoms with van der Waals surface area (Å²) in [5.74, 6) is 0. The summed E-state index contributed by atoms with van der Waals surface area (Å²) < 4.78 is 15.8. The lowest BCUT2D eigenvalue weighted by atomic mass is 9.96. The number of halogens is 2. The number of hydrogen-bond donors (Lipinski definition) is 0. The van der Waals surface area contributed by atoms with E-state index in [1.807, 2.05) is 7.05 Å². The molecular formula is C8H10BrFN2. The van der Waals surface area contributed by atoms with Gasteiger partial charge in [0.2, 0.25) is 0 Å². The van der Waals surface area contributed by atoms with Crippen LogP contribution in [-0.4, -0.2) is 9.78 Å². The molecule has 2 rings (SSSR count). The molecule has 2 nitrogen and oxygen atoms in total. The number of rotatable bonds is 0. The van der Waals surface area contributed by atoms with Crippen molar-refractivity contribution in [3.05, 3.63) is 15.9 Å². The monoisotopic (exact) mass is 232 g/mol. The summed E-state index contributed by atoms with van der Waals surface area (Å²) in [6, 6.07) is 0. The summed E-state index contributed by atoms with van der Waals surface area (Å²) in [5.41, 5.74) is 1.81. The van der Waals surface area contributed by atoms with Crippen molar-refractivity contribution in [2.75, 3.05) is 0 Å². The van der Waals surface area contributed by atoms with Gasteiger partial charge in [0.25, 0.3) is 0 Å². The van der Waals surface area contributed by atoms with Gasteiger partial charge in [-0.25, -0.2) is 4.39 Å². The molecule has 0 aromatic carbocycles. The van der Waals surface area contributed by atoms with Crippen molar-refractivity contribution in [3.63, 3.8) is 0 Å². The molecule has 1 heterocycles. The third-order valence-corrected chi connectivity index (χ3v) is 2.93. The molecule has 0 spiro atoms. The van der Waals surface area contributed by atoms with Crippen molar-refractivity contribution < 1.29 is 4.39 Å². The van der Waals surface area contributed by atoms with Gasteiger partial charge in [-0.2, -0.15) is 5.10 Å². The van der Waals surface area contributed by atoms with Crippen LogP contribution in [0.4, 0.5) is 4.39 Å². The molecule has 0 radical (unpaired) electrons. The van der Waals surface area contributed by atoms with E-state index in [9.17, 15) is 4.39 Å². The van der Waals surface area contributed by atoms with E-state index in [0.29, 0.717) is 11.0 Å². The molecule has 1 aromatic heterocycles. The highest BCUT2D eigenvalue weighted by molar-refractivity contribution is 9.10. The van der Waals surface area contributed by atoms with Gasteiger partial charge in [0, 0.05) is 18.3 Å². The largest absolute Gasteiger partial charge is 0.271 e. The Morgan fingerprint density at radius 3 is 3.08 bits per heavy atom. The van der Waals surface area contributed by atoms with E-state index in [2.05, 4.69) is 21.0 Å². The van der Waals surface area contributed by atoms with Crippen molar-refractivity contribution in [1.29, 1.82) is 0 Å². The fourth-order valence-corrected chi connectivity index (χ4v) is 2.45. The van der Waals surface area contributed by atoms with Gasteiger partial charge in [0.1, 0.15) is 10.8 Å². The van der Waals surface area contributed by atoms with Gasteiger partial charge in [-0.15, -0.1) is 0 Å². The first-order valence-corrected chi connectivity index (χ1v) is 4.85. The summed E-state index contributed by atoms with van der Waals surface area (Å²) in [4.78, 5) is 0. The number of aromatic nitrogens is 2. The third kappa shape index (κ3) is 1.09. The summed E-state index contributed by atoms with van der Waals surface area (Å²) in [7, 11) is 1.86. The molecule has 1 aliphatic carbocycles. The van der Waals surface area contributed by atoms with Gasteiger partial charge in [-0.05, 0) is 35.2 Å². The number of aryl methyl sites for hydroxylation is 1. The average molecular weight is 233 g/mol. The highest BCUT2D eigenvalue weighted by Crippen LogP contribution is 2.36. The Bertz CT molecular complexity index is 308. The molecule has 1 atom stereocenters. The summed E-state index contributed by atoms with van der Waals surface area (Å²) in [6.45, 7) is 0. The smallest absolute Gasteiger partial charge is 0.134 e. The predicted octanol–water partition coefficient (Wildman–Crippen LogP) is 2.53. The highest BCUT2D eigenvalue weighted by atomic mass is 79.9. The molecular weight excluding hydrogens is 223 g/mol. The van der Waals surface area contributed by atoms with Crippen LogP contribution in [0.5, 0.6) is 0 Å². The molecule has 12 heavy (non-hydrogen) atoms. The lowest BCUT2D eigenvalue weighted by Crippen LogP contribution is -2.08. The quantitative estimate of drug-likeness (QED) is 0.673.